The zero-order chi connectivity index (χ0) is 16.7. The van der Waals surface area contributed by atoms with Gasteiger partial charge >= 0.3 is 0 Å². The van der Waals surface area contributed by atoms with Crippen molar-refractivity contribution in [3.63, 3.8) is 0 Å². The maximum absolute atomic E-state index is 10.8. The molecule has 22 heavy (non-hydrogen) atoms. The van der Waals surface area contributed by atoms with Crippen LogP contribution in [0.15, 0.2) is 36.4 Å². The molecular weight excluding hydrogens is 288 g/mol. The third kappa shape index (κ3) is 2.43. The molecule has 2 unspecified atom stereocenters. The normalized spacial score (nSPS) is 16.7. The summed E-state index contributed by atoms with van der Waals surface area (Å²) in [6.07, 6.45) is 0. The molecular formula is C16H18O6. The van der Waals surface area contributed by atoms with Crippen molar-refractivity contribution in [3.05, 3.63) is 47.5 Å². The number of hydrogen-bond acceptors (Lipinski definition) is 6. The van der Waals surface area contributed by atoms with E-state index in [1.807, 2.05) is 0 Å². The van der Waals surface area contributed by atoms with Gasteiger partial charge in [-0.1, -0.05) is 0 Å². The fourth-order valence-corrected chi connectivity index (χ4v) is 2.35. The van der Waals surface area contributed by atoms with Crippen LogP contribution in [0.5, 0.6) is 23.0 Å². The third-order valence-electron chi connectivity index (χ3n) is 3.96. The van der Waals surface area contributed by atoms with Gasteiger partial charge in [0.05, 0.1) is 0 Å². The van der Waals surface area contributed by atoms with Crippen LogP contribution >= 0.6 is 0 Å². The van der Waals surface area contributed by atoms with Crippen LogP contribution in [-0.2, 0) is 11.2 Å². The summed E-state index contributed by atoms with van der Waals surface area (Å²) >= 11 is 0. The highest BCUT2D eigenvalue weighted by molar-refractivity contribution is 5.48. The summed E-state index contributed by atoms with van der Waals surface area (Å²) in [7, 11) is 0. The van der Waals surface area contributed by atoms with E-state index in [1.165, 1.54) is 38.1 Å². The quantitative estimate of drug-likeness (QED) is 0.479. The molecule has 0 saturated heterocycles. The van der Waals surface area contributed by atoms with E-state index < -0.39 is 11.2 Å². The Morgan fingerprint density at radius 2 is 0.955 bits per heavy atom. The van der Waals surface area contributed by atoms with E-state index in [1.54, 1.807) is 0 Å². The minimum atomic E-state index is -2.07. The summed E-state index contributed by atoms with van der Waals surface area (Å²) in [5, 5.41) is 60.5. The maximum Gasteiger partial charge on any atom is 0.123 e. The van der Waals surface area contributed by atoms with Crippen LogP contribution in [0, 0.1) is 0 Å². The molecule has 0 fully saturated rings. The molecule has 118 valence electrons. The number of hydrogen-bond donors (Lipinski definition) is 6. The second-order valence-electron chi connectivity index (χ2n) is 5.55. The van der Waals surface area contributed by atoms with Gasteiger partial charge < -0.3 is 30.6 Å². The SMILES string of the molecule is CC(O)(c1cc(O)ccc1O)C(C)(O)c1cc(O)ccc1O. The highest BCUT2D eigenvalue weighted by atomic mass is 16.4. The molecule has 0 aliphatic heterocycles. The fourth-order valence-electron chi connectivity index (χ4n) is 2.35. The van der Waals surface area contributed by atoms with Gasteiger partial charge in [0, 0.05) is 11.1 Å². The topological polar surface area (TPSA) is 121 Å². The van der Waals surface area contributed by atoms with Crippen LogP contribution in [0.1, 0.15) is 25.0 Å². The Bertz CT molecular complexity index is 644. The lowest BCUT2D eigenvalue weighted by Crippen LogP contribution is -2.45. The Hall–Kier alpha value is -2.44. The molecule has 2 aromatic carbocycles. The molecule has 0 aromatic heterocycles. The molecule has 0 radical (unpaired) electrons. The van der Waals surface area contributed by atoms with Gasteiger partial charge in [-0.05, 0) is 50.2 Å². The van der Waals surface area contributed by atoms with Crippen molar-refractivity contribution in [1.29, 1.82) is 0 Å². The van der Waals surface area contributed by atoms with Crippen LogP contribution in [-0.4, -0.2) is 30.6 Å². The first-order chi connectivity index (χ1) is 10.1. The average molecular weight is 306 g/mol. The van der Waals surface area contributed by atoms with Crippen LogP contribution in [0.3, 0.4) is 0 Å². The first-order valence-electron chi connectivity index (χ1n) is 6.57. The largest absolute Gasteiger partial charge is 0.508 e. The zero-order valence-electron chi connectivity index (χ0n) is 12.1. The van der Waals surface area contributed by atoms with E-state index in [0.717, 1.165) is 12.1 Å². The lowest BCUT2D eigenvalue weighted by Gasteiger charge is -2.39. The van der Waals surface area contributed by atoms with Gasteiger partial charge in [0.2, 0.25) is 0 Å². The average Bonchev–Trinajstić information content (AvgIpc) is 2.43. The van der Waals surface area contributed by atoms with E-state index in [2.05, 4.69) is 0 Å². The molecule has 0 aliphatic rings. The van der Waals surface area contributed by atoms with Crippen molar-refractivity contribution in [2.45, 2.75) is 25.0 Å². The Morgan fingerprint density at radius 3 is 1.27 bits per heavy atom. The Morgan fingerprint density at radius 1 is 0.636 bits per heavy atom. The van der Waals surface area contributed by atoms with Crippen molar-refractivity contribution in [2.24, 2.45) is 0 Å². The highest BCUT2D eigenvalue weighted by Crippen LogP contribution is 2.47. The lowest BCUT2D eigenvalue weighted by molar-refractivity contribution is -0.144. The molecule has 6 heteroatoms. The summed E-state index contributed by atoms with van der Waals surface area (Å²) < 4.78 is 0. The first kappa shape index (κ1) is 15.9. The second kappa shape index (κ2) is 5.08. The van der Waals surface area contributed by atoms with Crippen molar-refractivity contribution in [3.8, 4) is 23.0 Å². The van der Waals surface area contributed by atoms with Gasteiger partial charge in [0.1, 0.15) is 34.2 Å². The van der Waals surface area contributed by atoms with E-state index in [4.69, 9.17) is 0 Å². The van der Waals surface area contributed by atoms with Gasteiger partial charge in [0.15, 0.2) is 0 Å². The molecule has 2 rings (SSSR count). The summed E-state index contributed by atoms with van der Waals surface area (Å²) in [5.41, 5.74) is -4.39. The Balaban J connectivity index is 2.64. The van der Waals surface area contributed by atoms with Gasteiger partial charge in [-0.3, -0.25) is 0 Å². The van der Waals surface area contributed by atoms with Crippen LogP contribution in [0.25, 0.3) is 0 Å². The van der Waals surface area contributed by atoms with Crippen molar-refractivity contribution in [2.75, 3.05) is 0 Å². The monoisotopic (exact) mass is 306 g/mol. The molecule has 0 saturated carbocycles. The second-order valence-corrected chi connectivity index (χ2v) is 5.55. The summed E-state index contributed by atoms with van der Waals surface area (Å²) in [4.78, 5) is 0. The predicted octanol–water partition coefficient (Wildman–Crippen LogP) is 1.62. The molecule has 6 N–H and O–H groups in total. The smallest absolute Gasteiger partial charge is 0.123 e. The van der Waals surface area contributed by atoms with E-state index in [9.17, 15) is 30.6 Å². The summed E-state index contributed by atoms with van der Waals surface area (Å²) in [6.45, 7) is 2.45. The lowest BCUT2D eigenvalue weighted by atomic mass is 9.75. The molecule has 0 heterocycles. The number of phenolic OH excluding ortho intramolecular Hbond substituents is 4. The molecule has 0 spiro atoms. The Kier molecular flexibility index (Phi) is 3.68. The van der Waals surface area contributed by atoms with Crippen molar-refractivity contribution in [1.82, 2.24) is 0 Å². The van der Waals surface area contributed by atoms with E-state index >= 15 is 0 Å². The van der Waals surface area contributed by atoms with Gasteiger partial charge in [-0.2, -0.15) is 0 Å². The minimum absolute atomic E-state index is 0.125. The fraction of sp³-hybridized carbons (Fsp3) is 0.250. The molecule has 2 aromatic rings. The number of rotatable bonds is 3. The third-order valence-corrected chi connectivity index (χ3v) is 3.96. The first-order valence-corrected chi connectivity index (χ1v) is 6.57. The van der Waals surface area contributed by atoms with Crippen molar-refractivity contribution >= 4 is 0 Å². The highest BCUT2D eigenvalue weighted by Gasteiger charge is 2.47. The van der Waals surface area contributed by atoms with Gasteiger partial charge in [-0.25, -0.2) is 0 Å². The molecule has 0 aliphatic carbocycles. The molecule has 2 atom stereocenters. The minimum Gasteiger partial charge on any atom is -0.508 e. The van der Waals surface area contributed by atoms with Gasteiger partial charge in [0.25, 0.3) is 0 Å². The zero-order valence-corrected chi connectivity index (χ0v) is 12.1. The summed E-state index contributed by atoms with van der Waals surface area (Å²) in [6, 6.07) is 7.05. The number of aliphatic hydroxyl groups is 2. The van der Waals surface area contributed by atoms with Crippen LogP contribution < -0.4 is 0 Å². The predicted molar refractivity (Wildman–Crippen MR) is 78.7 cm³/mol. The van der Waals surface area contributed by atoms with E-state index in [0.29, 0.717) is 0 Å². The maximum atomic E-state index is 10.8. The molecule has 0 bridgehead atoms. The number of phenols is 4. The number of benzene rings is 2. The summed E-state index contributed by atoms with van der Waals surface area (Å²) in [5.74, 6) is -1.07. The van der Waals surface area contributed by atoms with Crippen LogP contribution in [0.2, 0.25) is 0 Å². The number of aromatic hydroxyl groups is 4. The Labute approximate surface area is 127 Å². The standard InChI is InChI=1S/C16H18O6/c1-15(21,11-7-9(17)3-5-13(11)19)16(2,22)12-8-10(18)4-6-14(12)20/h3-8,17-22H,1-2H3. The molecule has 6 nitrogen and oxygen atoms in total. The van der Waals surface area contributed by atoms with Gasteiger partial charge in [-0.15, -0.1) is 0 Å². The van der Waals surface area contributed by atoms with Crippen molar-refractivity contribution < 1.29 is 30.6 Å². The molecule has 0 amide bonds. The van der Waals surface area contributed by atoms with Crippen LogP contribution in [0.4, 0.5) is 0 Å². The van der Waals surface area contributed by atoms with E-state index in [-0.39, 0.29) is 34.1 Å².